The van der Waals surface area contributed by atoms with Crippen molar-refractivity contribution in [2.24, 2.45) is 0 Å². The minimum atomic E-state index is 0.653. The van der Waals surface area contributed by atoms with Crippen LogP contribution in [0.3, 0.4) is 0 Å². The summed E-state index contributed by atoms with van der Waals surface area (Å²) in [6, 6.07) is 70.0. The largest absolute Gasteiger partial charge is 0.307 e. The lowest BCUT2D eigenvalue weighted by molar-refractivity contribution is 1.02. The molecule has 0 spiro atoms. The summed E-state index contributed by atoms with van der Waals surface area (Å²) in [4.78, 5) is 11.3. The van der Waals surface area contributed by atoms with E-state index in [1.54, 1.807) is 11.3 Å². The van der Waals surface area contributed by atoms with Crippen molar-refractivity contribution in [1.82, 2.24) is 19.1 Å². The van der Waals surface area contributed by atoms with E-state index >= 15 is 0 Å². The molecule has 0 bridgehead atoms. The van der Waals surface area contributed by atoms with Gasteiger partial charge in [-0.2, -0.15) is 0 Å². The average Bonchev–Trinajstić information content (AvgIpc) is 3.97. The number of hydrogen-bond donors (Lipinski definition) is 0. The number of rotatable bonds is 4. The molecule has 0 aliphatic rings. The molecule has 4 nitrogen and oxygen atoms in total. The Hall–Kier alpha value is -7.60. The zero-order valence-electron chi connectivity index (χ0n) is 31.7. The second kappa shape index (κ2) is 12.4. The molecule has 0 aliphatic carbocycles. The van der Waals surface area contributed by atoms with Crippen LogP contribution in [0.4, 0.5) is 0 Å². The minimum absolute atomic E-state index is 0.653. The third kappa shape index (κ3) is 4.71. The minimum Gasteiger partial charge on any atom is -0.307 e. The lowest BCUT2D eigenvalue weighted by Crippen LogP contribution is -2.04. The van der Waals surface area contributed by atoms with Gasteiger partial charge in [-0.1, -0.05) is 164 Å². The Morgan fingerprint density at radius 2 is 0.898 bits per heavy atom. The third-order valence-corrected chi connectivity index (χ3v) is 13.3. The van der Waals surface area contributed by atoms with E-state index in [1.165, 1.54) is 64.4 Å². The second-order valence-corrected chi connectivity index (χ2v) is 16.4. The molecule has 0 saturated heterocycles. The summed E-state index contributed by atoms with van der Waals surface area (Å²) in [7, 11) is 0. The highest BCUT2D eigenvalue weighted by Gasteiger charge is 2.26. The van der Waals surface area contributed by atoms with Crippen molar-refractivity contribution in [3.8, 4) is 34.0 Å². The van der Waals surface area contributed by atoms with Gasteiger partial charge in [0.25, 0.3) is 0 Å². The van der Waals surface area contributed by atoms with E-state index in [-0.39, 0.29) is 0 Å². The summed E-state index contributed by atoms with van der Waals surface area (Å²) in [5.74, 6) is 0.653. The molecule has 0 amide bonds. The first-order chi connectivity index (χ1) is 29.3. The summed E-state index contributed by atoms with van der Waals surface area (Å²) >= 11 is 1.77. The molecule has 0 unspecified atom stereocenters. The molecular formula is C54H32N4S. The molecule has 0 fully saturated rings. The number of para-hydroxylation sites is 1. The molecule has 274 valence electrons. The zero-order chi connectivity index (χ0) is 38.6. The van der Waals surface area contributed by atoms with Crippen molar-refractivity contribution in [2.45, 2.75) is 0 Å². The van der Waals surface area contributed by atoms with Crippen molar-refractivity contribution < 1.29 is 0 Å². The van der Waals surface area contributed by atoms with E-state index in [0.717, 1.165) is 49.1 Å². The van der Waals surface area contributed by atoms with Crippen molar-refractivity contribution in [3.63, 3.8) is 0 Å². The Labute approximate surface area is 342 Å². The summed E-state index contributed by atoms with van der Waals surface area (Å²) in [5.41, 5.74) is 10.9. The van der Waals surface area contributed by atoms with Crippen molar-refractivity contribution in [1.29, 1.82) is 0 Å². The Bertz CT molecular complexity index is 3820. The summed E-state index contributed by atoms with van der Waals surface area (Å²) < 4.78 is 7.10. The fourth-order valence-electron chi connectivity index (χ4n) is 9.51. The molecule has 59 heavy (non-hydrogen) atoms. The predicted molar refractivity (Wildman–Crippen MR) is 249 cm³/mol. The maximum absolute atomic E-state index is 5.66. The molecule has 0 saturated carbocycles. The highest BCUT2D eigenvalue weighted by Crippen LogP contribution is 2.46. The summed E-state index contributed by atoms with van der Waals surface area (Å²) in [6.45, 7) is 0. The fraction of sp³-hybridized carbons (Fsp3) is 0. The van der Waals surface area contributed by atoms with Crippen molar-refractivity contribution in [2.75, 3.05) is 0 Å². The van der Waals surface area contributed by atoms with Gasteiger partial charge in [0.15, 0.2) is 0 Å². The zero-order valence-corrected chi connectivity index (χ0v) is 32.5. The van der Waals surface area contributed by atoms with Crippen LogP contribution in [0.1, 0.15) is 0 Å². The van der Waals surface area contributed by atoms with Crippen LogP contribution in [0.25, 0.3) is 119 Å². The molecule has 13 rings (SSSR count). The molecule has 13 aromatic rings. The number of aromatic nitrogens is 4. The molecule has 4 aromatic heterocycles. The number of hydrogen-bond acceptors (Lipinski definition) is 3. The lowest BCUT2D eigenvalue weighted by Gasteiger charge is -2.13. The van der Waals surface area contributed by atoms with Crippen LogP contribution in [0.5, 0.6) is 0 Å². The summed E-state index contributed by atoms with van der Waals surface area (Å²) in [6.07, 6.45) is 0. The van der Waals surface area contributed by atoms with Gasteiger partial charge < -0.3 is 4.57 Å². The molecule has 5 heteroatoms. The fourth-order valence-corrected chi connectivity index (χ4v) is 10.7. The normalized spacial score (nSPS) is 12.1. The van der Waals surface area contributed by atoms with Gasteiger partial charge in [0.2, 0.25) is 5.95 Å². The van der Waals surface area contributed by atoms with Crippen LogP contribution >= 0.6 is 11.3 Å². The molecule has 0 atom stereocenters. The second-order valence-electron chi connectivity index (χ2n) is 15.3. The van der Waals surface area contributed by atoms with Gasteiger partial charge in [-0.3, -0.25) is 4.57 Å². The summed E-state index contributed by atoms with van der Waals surface area (Å²) in [5, 5.41) is 10.8. The maximum Gasteiger partial charge on any atom is 0.235 e. The van der Waals surface area contributed by atoms with Crippen LogP contribution < -0.4 is 0 Å². The van der Waals surface area contributed by atoms with E-state index in [0.29, 0.717) is 5.95 Å². The Kier molecular flexibility index (Phi) is 6.85. The first-order valence-electron chi connectivity index (χ1n) is 20.0. The van der Waals surface area contributed by atoms with Crippen molar-refractivity contribution >= 4 is 96.8 Å². The molecular weight excluding hydrogens is 737 g/mol. The first kappa shape index (κ1) is 32.5. The Balaban J connectivity index is 1.22. The number of fused-ring (bicyclic) bond motifs is 14. The predicted octanol–water partition coefficient (Wildman–Crippen LogP) is 14.7. The monoisotopic (exact) mass is 768 g/mol. The van der Waals surface area contributed by atoms with E-state index in [9.17, 15) is 0 Å². The third-order valence-electron chi connectivity index (χ3n) is 12.1. The van der Waals surface area contributed by atoms with Gasteiger partial charge in [-0.15, -0.1) is 11.3 Å². The molecule has 4 heterocycles. The van der Waals surface area contributed by atoms with E-state index in [2.05, 4.69) is 203 Å². The van der Waals surface area contributed by atoms with Crippen LogP contribution in [-0.2, 0) is 0 Å². The van der Waals surface area contributed by atoms with Crippen LogP contribution in [0.2, 0.25) is 0 Å². The van der Waals surface area contributed by atoms with Crippen LogP contribution in [-0.4, -0.2) is 19.1 Å². The molecule has 0 aliphatic heterocycles. The number of nitrogens with zero attached hydrogens (tertiary/aromatic N) is 4. The van der Waals surface area contributed by atoms with Gasteiger partial charge >= 0.3 is 0 Å². The van der Waals surface area contributed by atoms with Gasteiger partial charge in [0.1, 0.15) is 0 Å². The molecule has 9 aromatic carbocycles. The van der Waals surface area contributed by atoms with E-state index < -0.39 is 0 Å². The van der Waals surface area contributed by atoms with E-state index in [1.807, 2.05) is 0 Å². The van der Waals surface area contributed by atoms with Gasteiger partial charge in [-0.05, 0) is 63.0 Å². The first-order valence-corrected chi connectivity index (χ1v) is 20.8. The smallest absolute Gasteiger partial charge is 0.235 e. The molecule has 0 N–H and O–H groups in total. The number of thiophene rings is 1. The average molecular weight is 769 g/mol. The quantitative estimate of drug-likeness (QED) is 0.179. The Morgan fingerprint density at radius 1 is 0.373 bits per heavy atom. The highest BCUT2D eigenvalue weighted by molar-refractivity contribution is 7.26. The highest BCUT2D eigenvalue weighted by atomic mass is 32.1. The standard InChI is InChI=1S/C54H32N4S/c1-3-13-33(14-4-1)34-23-25-37(26-24-34)49-53-50(41-21-11-12-22-46(41)59-53)56-54(55-49)58-45-32-28-36-16-8-10-20-40(36)48(45)43-30-29-42-47-39-19-9-7-15-35(39)27-31-44(47)57(51(42)52(43)58)38-17-5-2-6-18-38/h1-32H. The maximum atomic E-state index is 5.66. The lowest BCUT2D eigenvalue weighted by atomic mass is 10.0. The van der Waals surface area contributed by atoms with Gasteiger partial charge in [0, 0.05) is 42.9 Å². The van der Waals surface area contributed by atoms with Crippen molar-refractivity contribution in [3.05, 3.63) is 194 Å². The molecule has 0 radical (unpaired) electrons. The van der Waals surface area contributed by atoms with Gasteiger partial charge in [0.05, 0.1) is 38.0 Å². The van der Waals surface area contributed by atoms with Gasteiger partial charge in [-0.25, -0.2) is 9.97 Å². The van der Waals surface area contributed by atoms with Crippen LogP contribution in [0, 0.1) is 0 Å². The Morgan fingerprint density at radius 3 is 1.58 bits per heavy atom. The van der Waals surface area contributed by atoms with E-state index in [4.69, 9.17) is 9.97 Å². The van der Waals surface area contributed by atoms with Crippen LogP contribution in [0.15, 0.2) is 194 Å². The SMILES string of the molecule is c1ccc(-c2ccc(-c3nc(-n4c5ccc6ccccc6c5c5ccc6c7c8ccccc8ccc7n(-c7ccccc7)c6c54)nc4c3sc3ccccc34)cc2)cc1. The topological polar surface area (TPSA) is 35.6 Å². The number of benzene rings is 9.